The largest absolute Gasteiger partial charge is 0.508 e. The standard InChI is InChI=1S/C34H35FN4O8/c1-38(2)22-13-16(7-10-23-37-21(14-47-23)15-5-8-18(35)9-6-15)28(40)25-19(22)11-17-12-20-27(39(3)4)30(42)26(33(36)45)32(44)34(20,46)31(43)24(17)29(25)41/h5-6,8-9,13-14,17,20,27,40-41,44,46H,7,10-12H2,1-4H3,(H2,36,45). The second-order valence-corrected chi connectivity index (χ2v) is 12.7. The minimum absolute atomic E-state index is 0.00168. The van der Waals surface area contributed by atoms with Crippen molar-refractivity contribution in [3.8, 4) is 17.0 Å². The number of carbonyl (C=O) groups is 3. The Balaban J connectivity index is 1.41. The molecule has 0 spiro atoms. The second-order valence-electron chi connectivity index (χ2n) is 12.7. The maximum absolute atomic E-state index is 14.2. The van der Waals surface area contributed by atoms with Gasteiger partial charge in [-0.05, 0) is 80.7 Å². The van der Waals surface area contributed by atoms with Crippen LogP contribution < -0.4 is 10.6 Å². The molecule has 1 amide bonds. The highest BCUT2D eigenvalue weighted by atomic mass is 19.1. The Bertz CT molecular complexity index is 1890. The van der Waals surface area contributed by atoms with Crippen molar-refractivity contribution in [3.63, 3.8) is 0 Å². The first kappa shape index (κ1) is 32.0. The number of ketones is 2. The Labute approximate surface area is 269 Å². The van der Waals surface area contributed by atoms with Crippen LogP contribution in [-0.4, -0.2) is 87.6 Å². The number of halogens is 1. The van der Waals surface area contributed by atoms with Gasteiger partial charge in [0.15, 0.2) is 17.3 Å². The van der Waals surface area contributed by atoms with Gasteiger partial charge < -0.3 is 35.5 Å². The topological polar surface area (TPSA) is 191 Å². The zero-order valence-electron chi connectivity index (χ0n) is 26.2. The molecule has 3 aliphatic rings. The Morgan fingerprint density at radius 2 is 1.79 bits per heavy atom. The number of benzene rings is 2. The van der Waals surface area contributed by atoms with Gasteiger partial charge in [-0.15, -0.1) is 0 Å². The first-order chi connectivity index (χ1) is 22.2. The number of rotatable bonds is 7. The number of hydrogen-bond acceptors (Lipinski definition) is 11. The number of hydrogen-bond donors (Lipinski definition) is 5. The molecule has 47 heavy (non-hydrogen) atoms. The van der Waals surface area contributed by atoms with E-state index in [1.54, 1.807) is 46.4 Å². The number of aromatic nitrogens is 1. The number of anilines is 1. The van der Waals surface area contributed by atoms with Gasteiger partial charge in [-0.3, -0.25) is 19.3 Å². The zero-order chi connectivity index (χ0) is 34.1. The summed E-state index contributed by atoms with van der Waals surface area (Å²) in [5.41, 5.74) is 4.48. The first-order valence-corrected chi connectivity index (χ1v) is 15.1. The van der Waals surface area contributed by atoms with Gasteiger partial charge in [-0.1, -0.05) is 0 Å². The number of nitrogens with zero attached hydrogens (tertiary/aromatic N) is 3. The van der Waals surface area contributed by atoms with Gasteiger partial charge in [0.05, 0.1) is 11.6 Å². The monoisotopic (exact) mass is 646 g/mol. The number of aryl methyl sites for hydroxylation is 2. The molecular weight excluding hydrogens is 611 g/mol. The predicted octanol–water partition coefficient (Wildman–Crippen LogP) is 2.61. The van der Waals surface area contributed by atoms with Crippen LogP contribution in [0.5, 0.6) is 5.75 Å². The van der Waals surface area contributed by atoms with Crippen LogP contribution in [0.2, 0.25) is 0 Å². The third kappa shape index (κ3) is 4.88. The van der Waals surface area contributed by atoms with E-state index in [1.165, 1.54) is 23.3 Å². The van der Waals surface area contributed by atoms with Crippen molar-refractivity contribution >= 4 is 28.9 Å². The Hall–Kier alpha value is -5.01. The third-order valence-corrected chi connectivity index (χ3v) is 9.56. The molecule has 0 aliphatic heterocycles. The number of phenolic OH excluding ortho intramolecular Hbond substituents is 1. The van der Waals surface area contributed by atoms with E-state index in [2.05, 4.69) is 4.98 Å². The molecule has 13 heteroatoms. The molecule has 6 rings (SSSR count). The summed E-state index contributed by atoms with van der Waals surface area (Å²) in [4.78, 5) is 47.5. The summed E-state index contributed by atoms with van der Waals surface area (Å²) in [6.45, 7) is 0. The van der Waals surface area contributed by atoms with Crippen molar-refractivity contribution in [3.05, 3.63) is 81.9 Å². The maximum atomic E-state index is 14.2. The lowest BCUT2D eigenvalue weighted by molar-refractivity contribution is -0.153. The number of fused-ring (bicyclic) bond motifs is 3. The van der Waals surface area contributed by atoms with E-state index in [-0.39, 0.29) is 48.4 Å². The second kappa shape index (κ2) is 11.4. The number of primary amides is 1. The van der Waals surface area contributed by atoms with E-state index in [0.717, 1.165) is 0 Å². The van der Waals surface area contributed by atoms with Gasteiger partial charge in [-0.25, -0.2) is 9.37 Å². The minimum atomic E-state index is -2.71. The molecule has 1 aromatic heterocycles. The van der Waals surface area contributed by atoms with Gasteiger partial charge >= 0.3 is 0 Å². The van der Waals surface area contributed by atoms with Crippen LogP contribution in [-0.2, 0) is 33.6 Å². The van der Waals surface area contributed by atoms with Crippen molar-refractivity contribution in [2.75, 3.05) is 33.1 Å². The highest BCUT2D eigenvalue weighted by Crippen LogP contribution is 2.54. The van der Waals surface area contributed by atoms with Crippen molar-refractivity contribution in [2.24, 2.45) is 17.6 Å². The number of aromatic hydroxyl groups is 1. The van der Waals surface area contributed by atoms with Crippen LogP contribution in [0.15, 0.2) is 57.9 Å². The number of phenols is 1. The van der Waals surface area contributed by atoms with E-state index in [9.17, 15) is 39.2 Å². The highest BCUT2D eigenvalue weighted by Gasteiger charge is 2.64. The van der Waals surface area contributed by atoms with Gasteiger partial charge in [0.1, 0.15) is 40.6 Å². The molecule has 4 atom stereocenters. The molecule has 4 unspecified atom stereocenters. The molecule has 0 radical (unpaired) electrons. The van der Waals surface area contributed by atoms with Crippen LogP contribution in [0.3, 0.4) is 0 Å². The fourth-order valence-corrected chi connectivity index (χ4v) is 7.36. The van der Waals surface area contributed by atoms with Crippen molar-refractivity contribution < 1.29 is 43.6 Å². The molecule has 2 aromatic carbocycles. The van der Waals surface area contributed by atoms with Crippen molar-refractivity contribution in [1.82, 2.24) is 9.88 Å². The molecule has 0 saturated heterocycles. The lowest BCUT2D eigenvalue weighted by atomic mass is 9.57. The van der Waals surface area contributed by atoms with E-state index in [1.807, 2.05) is 4.90 Å². The zero-order valence-corrected chi connectivity index (χ0v) is 26.2. The number of amides is 1. The Kier molecular flexibility index (Phi) is 7.72. The van der Waals surface area contributed by atoms with Crippen LogP contribution in [0.4, 0.5) is 10.1 Å². The first-order valence-electron chi connectivity index (χ1n) is 15.1. The van der Waals surface area contributed by atoms with Gasteiger partial charge in [0.25, 0.3) is 5.91 Å². The maximum Gasteiger partial charge on any atom is 0.255 e. The van der Waals surface area contributed by atoms with E-state index in [0.29, 0.717) is 34.0 Å². The number of aliphatic hydroxyl groups is 3. The van der Waals surface area contributed by atoms with Gasteiger partial charge in [-0.2, -0.15) is 0 Å². The summed E-state index contributed by atoms with van der Waals surface area (Å²) in [5.74, 6) is -6.97. The molecule has 1 fully saturated rings. The molecule has 3 aliphatic carbocycles. The summed E-state index contributed by atoms with van der Waals surface area (Å²) < 4.78 is 19.0. The average Bonchev–Trinajstić information content (AvgIpc) is 3.47. The summed E-state index contributed by atoms with van der Waals surface area (Å²) in [5, 5.41) is 46.2. The van der Waals surface area contributed by atoms with Gasteiger partial charge in [0.2, 0.25) is 5.78 Å². The summed E-state index contributed by atoms with van der Waals surface area (Å²) in [7, 11) is 6.71. The summed E-state index contributed by atoms with van der Waals surface area (Å²) in [6.07, 6.45) is 2.12. The molecule has 1 saturated carbocycles. The summed E-state index contributed by atoms with van der Waals surface area (Å²) in [6, 6.07) is 6.44. The number of aliphatic hydroxyl groups excluding tert-OH is 2. The lowest BCUT2D eigenvalue weighted by Crippen LogP contribution is -2.65. The van der Waals surface area contributed by atoms with Crippen molar-refractivity contribution in [2.45, 2.75) is 37.3 Å². The third-order valence-electron chi connectivity index (χ3n) is 9.56. The van der Waals surface area contributed by atoms with E-state index >= 15 is 0 Å². The van der Waals surface area contributed by atoms with Crippen LogP contribution in [0, 0.1) is 17.7 Å². The normalized spacial score (nSPS) is 23.9. The molecule has 12 nitrogen and oxygen atoms in total. The Morgan fingerprint density at radius 3 is 2.40 bits per heavy atom. The van der Waals surface area contributed by atoms with Crippen LogP contribution >= 0.6 is 0 Å². The van der Waals surface area contributed by atoms with E-state index < -0.39 is 58.0 Å². The average molecular weight is 647 g/mol. The molecular formula is C34H35FN4O8. The minimum Gasteiger partial charge on any atom is -0.508 e. The lowest BCUT2D eigenvalue weighted by Gasteiger charge is -2.50. The highest BCUT2D eigenvalue weighted by molar-refractivity contribution is 6.24. The fraction of sp³-hybridized carbons (Fsp3) is 0.353. The molecule has 6 N–H and O–H groups in total. The smallest absolute Gasteiger partial charge is 0.255 e. The fourth-order valence-electron chi connectivity index (χ4n) is 7.36. The van der Waals surface area contributed by atoms with Crippen molar-refractivity contribution in [1.29, 1.82) is 0 Å². The number of oxazole rings is 1. The van der Waals surface area contributed by atoms with E-state index in [4.69, 9.17) is 10.2 Å². The molecule has 246 valence electrons. The van der Waals surface area contributed by atoms with Crippen LogP contribution in [0.1, 0.15) is 29.0 Å². The number of carbonyl (C=O) groups excluding carboxylic acids is 3. The van der Waals surface area contributed by atoms with Crippen LogP contribution in [0.25, 0.3) is 17.0 Å². The number of likely N-dealkylation sites (N-methyl/N-ethyl adjacent to an activating group) is 1. The van der Waals surface area contributed by atoms with Gasteiger partial charge in [0, 0.05) is 43.3 Å². The molecule has 0 bridgehead atoms. The predicted molar refractivity (Wildman–Crippen MR) is 168 cm³/mol. The SMILES string of the molecule is CN(C)c1cc(CCc2nc(-c3ccc(F)cc3)co2)c(O)c2c1CC1CC3C(N(C)C)C(=O)C(C(N)=O)=C(O)C3(O)C(=O)C1=C2O. The summed E-state index contributed by atoms with van der Waals surface area (Å²) >= 11 is 0. The Morgan fingerprint density at radius 1 is 1.11 bits per heavy atom. The number of Topliss-reactive ketones (excluding diaryl/α,β-unsaturated/α-hetero) is 2. The number of nitrogens with two attached hydrogens (primary N) is 1. The quantitative estimate of drug-likeness (QED) is 0.237. The molecule has 1 heterocycles. The molecule has 3 aromatic rings.